The van der Waals surface area contributed by atoms with Gasteiger partial charge in [0.05, 0.1) is 17.8 Å². The fraction of sp³-hybridized carbons (Fsp3) is 0.250. The van der Waals surface area contributed by atoms with Crippen LogP contribution in [0.4, 0.5) is 0 Å². The molecule has 0 fully saturated rings. The first-order valence-corrected chi connectivity index (χ1v) is 4.92. The molecule has 0 N–H and O–H groups in total. The van der Waals surface area contributed by atoms with Crippen LogP contribution in [0.1, 0.15) is 6.92 Å². The molecule has 1 aromatic rings. The summed E-state index contributed by atoms with van der Waals surface area (Å²) in [6, 6.07) is 0. The van der Waals surface area contributed by atoms with Crippen LogP contribution in [0.3, 0.4) is 0 Å². The number of allylic oxidation sites excluding steroid dienone is 1. The predicted molar refractivity (Wildman–Crippen MR) is 58.1 cm³/mol. The summed E-state index contributed by atoms with van der Waals surface area (Å²) >= 11 is 16.7. The molecule has 0 aliphatic carbocycles. The van der Waals surface area contributed by atoms with Crippen molar-refractivity contribution in [3.8, 4) is 0 Å². The summed E-state index contributed by atoms with van der Waals surface area (Å²) in [5, 5.41) is 3.94. The summed E-state index contributed by atoms with van der Waals surface area (Å²) in [6.07, 6.45) is 1.33. The van der Waals surface area contributed by atoms with Gasteiger partial charge in [0.15, 0.2) is 0 Å². The van der Waals surface area contributed by atoms with Gasteiger partial charge < -0.3 is 0 Å². The third kappa shape index (κ3) is 2.50. The first kappa shape index (κ1) is 11.6. The summed E-state index contributed by atoms with van der Waals surface area (Å²) < 4.78 is 1.20. The SMILES string of the molecule is CC(=CCl)Cn1ncc(Cl)c(Cl)c1=O. The van der Waals surface area contributed by atoms with Gasteiger partial charge in [0.2, 0.25) is 0 Å². The molecule has 0 aliphatic heterocycles. The second-order valence-corrected chi connectivity index (χ2v) is 3.73. The molecular formula is C8H7Cl3N2O. The molecule has 0 saturated carbocycles. The first-order valence-electron chi connectivity index (χ1n) is 3.73. The highest BCUT2D eigenvalue weighted by Crippen LogP contribution is 2.14. The first-order chi connectivity index (χ1) is 6.56. The molecule has 1 aromatic heterocycles. The fourth-order valence-corrected chi connectivity index (χ4v) is 1.17. The van der Waals surface area contributed by atoms with Gasteiger partial charge in [-0.15, -0.1) is 0 Å². The predicted octanol–water partition coefficient (Wildman–Crippen LogP) is 2.69. The zero-order valence-corrected chi connectivity index (χ0v) is 9.57. The van der Waals surface area contributed by atoms with Crippen molar-refractivity contribution in [2.45, 2.75) is 13.5 Å². The number of nitrogens with zero attached hydrogens (tertiary/aromatic N) is 2. The summed E-state index contributed by atoms with van der Waals surface area (Å²) in [6.45, 7) is 2.09. The lowest BCUT2D eigenvalue weighted by molar-refractivity contribution is 0.632. The van der Waals surface area contributed by atoms with E-state index in [1.54, 1.807) is 6.92 Å². The highest BCUT2D eigenvalue weighted by Gasteiger charge is 2.06. The second kappa shape index (κ2) is 4.82. The van der Waals surface area contributed by atoms with E-state index in [4.69, 9.17) is 34.8 Å². The van der Waals surface area contributed by atoms with Crippen LogP contribution >= 0.6 is 34.8 Å². The summed E-state index contributed by atoms with van der Waals surface area (Å²) in [7, 11) is 0. The Hall–Kier alpha value is -0.510. The minimum absolute atomic E-state index is 0.0240. The van der Waals surface area contributed by atoms with Crippen molar-refractivity contribution >= 4 is 34.8 Å². The molecular weight excluding hydrogens is 246 g/mol. The molecule has 0 spiro atoms. The number of rotatable bonds is 2. The third-order valence-corrected chi connectivity index (χ3v) is 2.65. The van der Waals surface area contributed by atoms with E-state index in [1.165, 1.54) is 16.4 Å². The standard InChI is InChI=1S/C8H7Cl3N2O/c1-5(2-9)4-13-8(14)7(11)6(10)3-12-13/h2-3H,4H2,1H3. The molecule has 0 saturated heterocycles. The highest BCUT2D eigenvalue weighted by atomic mass is 35.5. The lowest BCUT2D eigenvalue weighted by atomic mass is 10.3. The van der Waals surface area contributed by atoms with Crippen LogP contribution in [0, 0.1) is 0 Å². The molecule has 0 aromatic carbocycles. The molecule has 0 aliphatic rings. The van der Waals surface area contributed by atoms with Crippen LogP contribution in [0.15, 0.2) is 22.1 Å². The maximum Gasteiger partial charge on any atom is 0.287 e. The van der Waals surface area contributed by atoms with Gasteiger partial charge in [0, 0.05) is 5.54 Å². The fourth-order valence-electron chi connectivity index (χ4n) is 0.828. The van der Waals surface area contributed by atoms with Crippen LogP contribution in [-0.2, 0) is 6.54 Å². The normalized spacial score (nSPS) is 11.9. The number of aromatic nitrogens is 2. The van der Waals surface area contributed by atoms with E-state index in [0.717, 1.165) is 5.57 Å². The Kier molecular flexibility index (Phi) is 3.98. The van der Waals surface area contributed by atoms with Crippen LogP contribution in [0.2, 0.25) is 10.0 Å². The smallest absolute Gasteiger partial charge is 0.266 e. The van der Waals surface area contributed by atoms with E-state index in [-0.39, 0.29) is 10.0 Å². The molecule has 3 nitrogen and oxygen atoms in total. The summed E-state index contributed by atoms with van der Waals surface area (Å²) in [5.41, 5.74) is 1.77. The molecule has 1 heterocycles. The van der Waals surface area contributed by atoms with Gasteiger partial charge in [-0.3, -0.25) is 4.79 Å². The van der Waals surface area contributed by atoms with Gasteiger partial charge >= 0.3 is 0 Å². The van der Waals surface area contributed by atoms with Gasteiger partial charge in [-0.05, 0) is 12.5 Å². The number of hydrogen-bond acceptors (Lipinski definition) is 2. The van der Waals surface area contributed by atoms with E-state index in [0.29, 0.717) is 6.54 Å². The van der Waals surface area contributed by atoms with E-state index < -0.39 is 5.56 Å². The molecule has 76 valence electrons. The summed E-state index contributed by atoms with van der Waals surface area (Å²) in [4.78, 5) is 11.5. The molecule has 1 rings (SSSR count). The minimum Gasteiger partial charge on any atom is -0.266 e. The molecule has 0 amide bonds. The Morgan fingerprint density at radius 2 is 2.29 bits per heavy atom. The maximum absolute atomic E-state index is 11.5. The molecule has 0 radical (unpaired) electrons. The topological polar surface area (TPSA) is 34.9 Å². The van der Waals surface area contributed by atoms with E-state index in [1.807, 2.05) is 0 Å². The minimum atomic E-state index is -0.419. The van der Waals surface area contributed by atoms with Crippen molar-refractivity contribution in [3.05, 3.63) is 37.7 Å². The van der Waals surface area contributed by atoms with Crippen molar-refractivity contribution in [2.24, 2.45) is 0 Å². The van der Waals surface area contributed by atoms with Crippen LogP contribution in [0.5, 0.6) is 0 Å². The molecule has 0 unspecified atom stereocenters. The highest BCUT2D eigenvalue weighted by molar-refractivity contribution is 6.41. The third-order valence-electron chi connectivity index (χ3n) is 1.53. The zero-order valence-electron chi connectivity index (χ0n) is 7.30. The van der Waals surface area contributed by atoms with Crippen LogP contribution in [0.25, 0.3) is 0 Å². The number of hydrogen-bond donors (Lipinski definition) is 0. The average Bonchev–Trinajstić information content (AvgIpc) is 2.19. The monoisotopic (exact) mass is 252 g/mol. The molecule has 6 heteroatoms. The Morgan fingerprint density at radius 1 is 1.64 bits per heavy atom. The van der Waals surface area contributed by atoms with Crippen molar-refractivity contribution in [1.82, 2.24) is 9.78 Å². The largest absolute Gasteiger partial charge is 0.287 e. The lowest BCUT2D eigenvalue weighted by Gasteiger charge is -2.04. The molecule has 0 atom stereocenters. The van der Waals surface area contributed by atoms with Crippen molar-refractivity contribution in [2.75, 3.05) is 0 Å². The van der Waals surface area contributed by atoms with Crippen molar-refractivity contribution in [1.29, 1.82) is 0 Å². The average molecular weight is 254 g/mol. The second-order valence-electron chi connectivity index (χ2n) is 2.72. The van der Waals surface area contributed by atoms with E-state index >= 15 is 0 Å². The van der Waals surface area contributed by atoms with Crippen LogP contribution < -0.4 is 5.56 Å². The van der Waals surface area contributed by atoms with Gasteiger partial charge in [-0.2, -0.15) is 5.10 Å². The van der Waals surface area contributed by atoms with E-state index in [2.05, 4.69) is 5.10 Å². The zero-order chi connectivity index (χ0) is 10.7. The Morgan fingerprint density at radius 3 is 2.86 bits per heavy atom. The number of halogens is 3. The van der Waals surface area contributed by atoms with Crippen LogP contribution in [-0.4, -0.2) is 9.78 Å². The van der Waals surface area contributed by atoms with Gasteiger partial charge in [-0.25, -0.2) is 4.68 Å². The maximum atomic E-state index is 11.5. The van der Waals surface area contributed by atoms with Crippen molar-refractivity contribution < 1.29 is 0 Å². The van der Waals surface area contributed by atoms with Gasteiger partial charge in [0.25, 0.3) is 5.56 Å². The van der Waals surface area contributed by atoms with Crippen molar-refractivity contribution in [3.63, 3.8) is 0 Å². The molecule has 0 bridgehead atoms. The molecule has 14 heavy (non-hydrogen) atoms. The summed E-state index contributed by atoms with van der Waals surface area (Å²) in [5.74, 6) is 0. The Balaban J connectivity index is 3.13. The Labute approximate surface area is 95.9 Å². The Bertz CT molecular complexity index is 425. The van der Waals surface area contributed by atoms with Gasteiger partial charge in [0.1, 0.15) is 5.02 Å². The van der Waals surface area contributed by atoms with E-state index in [9.17, 15) is 4.79 Å². The lowest BCUT2D eigenvalue weighted by Crippen LogP contribution is -2.23. The quantitative estimate of drug-likeness (QED) is 0.812. The van der Waals surface area contributed by atoms with Gasteiger partial charge in [-0.1, -0.05) is 34.8 Å².